The maximum absolute atomic E-state index is 13.9. The molecule has 1 spiro atoms. The molecule has 41 heavy (non-hydrogen) atoms. The summed E-state index contributed by atoms with van der Waals surface area (Å²) in [6.07, 6.45) is 0.828. The summed E-state index contributed by atoms with van der Waals surface area (Å²) in [7, 11) is 0. The molecule has 5 heteroatoms. The van der Waals surface area contributed by atoms with E-state index in [4.69, 9.17) is 9.47 Å². The molecule has 0 aromatic heterocycles. The van der Waals surface area contributed by atoms with Gasteiger partial charge in [-0.2, -0.15) is 0 Å². The van der Waals surface area contributed by atoms with Crippen LogP contribution in [0.2, 0.25) is 0 Å². The Morgan fingerprint density at radius 3 is 2.02 bits per heavy atom. The molecule has 0 saturated carbocycles. The van der Waals surface area contributed by atoms with Crippen molar-refractivity contribution >= 4 is 28.7 Å². The lowest BCUT2D eigenvalue weighted by atomic mass is 9.77. The van der Waals surface area contributed by atoms with Gasteiger partial charge in [-0.25, -0.2) is 4.79 Å². The fourth-order valence-electron chi connectivity index (χ4n) is 6.14. The Morgan fingerprint density at radius 2 is 1.34 bits per heavy atom. The molecule has 2 aliphatic rings. The maximum Gasteiger partial charge on any atom is 0.342 e. The highest BCUT2D eigenvalue weighted by Crippen LogP contribution is 2.57. The molecule has 5 aromatic rings. The largest absolute Gasteiger partial charge is 0.456 e. The van der Waals surface area contributed by atoms with Gasteiger partial charge in [0.15, 0.2) is 5.60 Å². The monoisotopic (exact) mass is 538 g/mol. The third-order valence-corrected chi connectivity index (χ3v) is 8.26. The van der Waals surface area contributed by atoms with Crippen molar-refractivity contribution in [1.82, 2.24) is 0 Å². The van der Waals surface area contributed by atoms with E-state index in [0.29, 0.717) is 22.7 Å². The predicted molar refractivity (Wildman–Crippen MR) is 163 cm³/mol. The van der Waals surface area contributed by atoms with Crippen molar-refractivity contribution in [1.29, 1.82) is 0 Å². The van der Waals surface area contributed by atoms with Crippen molar-refractivity contribution in [3.8, 4) is 11.5 Å². The van der Waals surface area contributed by atoms with Gasteiger partial charge >= 0.3 is 5.97 Å². The van der Waals surface area contributed by atoms with Crippen molar-refractivity contribution in [3.05, 3.63) is 142 Å². The Morgan fingerprint density at radius 1 is 0.707 bits per heavy atom. The Bertz CT molecular complexity index is 1780. The van der Waals surface area contributed by atoms with Crippen molar-refractivity contribution in [2.45, 2.75) is 32.8 Å². The first-order chi connectivity index (χ1) is 20.0. The summed E-state index contributed by atoms with van der Waals surface area (Å²) in [5.41, 5.74) is 9.03. The van der Waals surface area contributed by atoms with Crippen LogP contribution in [0.15, 0.2) is 103 Å². The number of benzene rings is 5. The van der Waals surface area contributed by atoms with Crippen molar-refractivity contribution < 1.29 is 14.3 Å². The normalized spacial score (nSPS) is 14.0. The molecule has 2 N–H and O–H groups in total. The fourth-order valence-corrected chi connectivity index (χ4v) is 6.14. The highest BCUT2D eigenvalue weighted by Gasteiger charge is 2.54. The van der Waals surface area contributed by atoms with Crippen LogP contribution < -0.4 is 15.4 Å². The summed E-state index contributed by atoms with van der Waals surface area (Å²) in [6, 6.07) is 33.9. The molecule has 202 valence electrons. The smallest absolute Gasteiger partial charge is 0.342 e. The molecule has 2 heterocycles. The minimum atomic E-state index is -1.10. The van der Waals surface area contributed by atoms with E-state index in [1.165, 1.54) is 5.56 Å². The van der Waals surface area contributed by atoms with E-state index in [-0.39, 0.29) is 5.97 Å². The summed E-state index contributed by atoms with van der Waals surface area (Å²) < 4.78 is 12.7. The summed E-state index contributed by atoms with van der Waals surface area (Å²) in [5, 5.41) is 7.33. The Labute approximate surface area is 239 Å². The minimum absolute atomic E-state index is 0.367. The maximum atomic E-state index is 13.9. The Hall–Kier alpha value is -5.03. The zero-order valence-electron chi connectivity index (χ0n) is 23.2. The molecule has 0 fully saturated rings. The number of fused-ring (bicyclic) bond motifs is 6. The van der Waals surface area contributed by atoms with Gasteiger partial charge in [-0.15, -0.1) is 0 Å². The lowest BCUT2D eigenvalue weighted by Gasteiger charge is -2.36. The lowest BCUT2D eigenvalue weighted by Crippen LogP contribution is -2.32. The highest BCUT2D eigenvalue weighted by atomic mass is 16.6. The molecule has 0 radical (unpaired) electrons. The molecule has 0 saturated heterocycles. The van der Waals surface area contributed by atoms with Crippen LogP contribution in [0.5, 0.6) is 11.5 Å². The van der Waals surface area contributed by atoms with E-state index in [2.05, 4.69) is 49.6 Å². The average Bonchev–Trinajstić information content (AvgIpc) is 3.30. The van der Waals surface area contributed by atoms with Gasteiger partial charge < -0.3 is 20.1 Å². The van der Waals surface area contributed by atoms with Crippen LogP contribution in [0.4, 0.5) is 22.7 Å². The number of carbonyl (C=O) groups is 1. The summed E-state index contributed by atoms with van der Waals surface area (Å²) in [4.78, 5) is 13.9. The molecule has 0 atom stereocenters. The van der Waals surface area contributed by atoms with Crippen molar-refractivity contribution in [2.75, 3.05) is 10.6 Å². The lowest BCUT2D eigenvalue weighted by molar-refractivity contribution is 0.0225. The predicted octanol–water partition coefficient (Wildman–Crippen LogP) is 8.92. The number of ether oxygens (including phenoxy) is 2. The Balaban J connectivity index is 1.42. The van der Waals surface area contributed by atoms with E-state index in [9.17, 15) is 4.79 Å². The topological polar surface area (TPSA) is 59.6 Å². The second-order valence-electron chi connectivity index (χ2n) is 10.6. The molecular formula is C36H30N2O3. The van der Waals surface area contributed by atoms with Crippen LogP contribution in [0, 0.1) is 13.8 Å². The van der Waals surface area contributed by atoms with E-state index in [1.54, 1.807) is 0 Å². The van der Waals surface area contributed by atoms with Crippen molar-refractivity contribution in [2.24, 2.45) is 0 Å². The first-order valence-electron chi connectivity index (χ1n) is 14.0. The van der Waals surface area contributed by atoms with E-state index < -0.39 is 5.60 Å². The second kappa shape index (κ2) is 9.56. The number of esters is 1. The number of carbonyl (C=O) groups excluding carboxylic acids is 1. The number of aryl methyl sites for hydroxylation is 2. The standard InChI is InChI=1S/C36H30N2O3/c1-4-24-21-22(2)23(3)33(37-25-13-6-5-7-14-25)34(24)38-29-18-12-17-28-32(29)35(39)41-36(28)26-15-8-10-19-30(26)40-31-20-11-9-16-27(31)36/h5-21,37-38H,4H2,1-3H3. The summed E-state index contributed by atoms with van der Waals surface area (Å²) >= 11 is 0. The van der Waals surface area contributed by atoms with E-state index in [1.807, 2.05) is 84.9 Å². The third-order valence-electron chi connectivity index (χ3n) is 8.26. The van der Waals surface area contributed by atoms with Gasteiger partial charge in [0.05, 0.1) is 22.6 Å². The van der Waals surface area contributed by atoms with Gasteiger partial charge in [-0.05, 0) is 67.3 Å². The first-order valence-corrected chi connectivity index (χ1v) is 14.0. The highest BCUT2D eigenvalue weighted by molar-refractivity contribution is 6.03. The van der Waals surface area contributed by atoms with Gasteiger partial charge in [0.1, 0.15) is 11.5 Å². The van der Waals surface area contributed by atoms with Gasteiger partial charge in [-0.1, -0.05) is 79.7 Å². The molecule has 0 unspecified atom stereocenters. The van der Waals surface area contributed by atoms with E-state index >= 15 is 0 Å². The van der Waals surface area contributed by atoms with Gasteiger partial charge in [-0.3, -0.25) is 0 Å². The van der Waals surface area contributed by atoms with Gasteiger partial charge in [0.25, 0.3) is 0 Å². The van der Waals surface area contributed by atoms with Crippen LogP contribution in [0.1, 0.15) is 50.7 Å². The minimum Gasteiger partial charge on any atom is -0.456 e. The molecule has 7 rings (SSSR count). The molecule has 5 aromatic carbocycles. The zero-order valence-corrected chi connectivity index (χ0v) is 23.2. The SMILES string of the molecule is CCc1cc(C)c(C)c(Nc2ccccc2)c1Nc1cccc2c1C(=O)OC21c2ccccc2Oc2ccccc21. The van der Waals surface area contributed by atoms with Crippen LogP contribution in [0.3, 0.4) is 0 Å². The second-order valence-corrected chi connectivity index (χ2v) is 10.6. The van der Waals surface area contributed by atoms with Gasteiger partial charge in [0.2, 0.25) is 0 Å². The van der Waals surface area contributed by atoms with Crippen LogP contribution >= 0.6 is 0 Å². The summed E-state index contributed by atoms with van der Waals surface area (Å²) in [6.45, 7) is 6.41. The number of nitrogens with one attached hydrogen (secondary N) is 2. The molecule has 2 aliphatic heterocycles. The molecule has 5 nitrogen and oxygen atoms in total. The van der Waals surface area contributed by atoms with Crippen molar-refractivity contribution in [3.63, 3.8) is 0 Å². The number of hydrogen-bond donors (Lipinski definition) is 2. The van der Waals surface area contributed by atoms with E-state index in [0.717, 1.165) is 51.3 Å². The zero-order chi connectivity index (χ0) is 28.1. The van der Waals surface area contributed by atoms with Crippen LogP contribution in [-0.2, 0) is 16.8 Å². The van der Waals surface area contributed by atoms with Crippen LogP contribution in [0.25, 0.3) is 0 Å². The first kappa shape index (κ1) is 25.0. The molecule has 0 aliphatic carbocycles. The number of para-hydroxylation sites is 3. The van der Waals surface area contributed by atoms with Crippen LogP contribution in [-0.4, -0.2) is 5.97 Å². The fraction of sp³-hybridized carbons (Fsp3) is 0.139. The average molecular weight is 539 g/mol. The third kappa shape index (κ3) is 3.80. The number of hydrogen-bond acceptors (Lipinski definition) is 5. The number of rotatable bonds is 5. The quantitative estimate of drug-likeness (QED) is 0.219. The Kier molecular flexibility index (Phi) is 5.82. The summed E-state index contributed by atoms with van der Waals surface area (Å²) in [5.74, 6) is 0.998. The van der Waals surface area contributed by atoms with Gasteiger partial charge in [0, 0.05) is 22.4 Å². The molecule has 0 amide bonds. The number of anilines is 4. The molecular weight excluding hydrogens is 508 g/mol. The molecule has 0 bridgehead atoms.